The van der Waals surface area contributed by atoms with Crippen molar-refractivity contribution in [2.24, 2.45) is 5.10 Å². The van der Waals surface area contributed by atoms with Gasteiger partial charge in [-0.3, -0.25) is 4.79 Å². The molecule has 0 spiro atoms. The molecular weight excluding hydrogens is 380 g/mol. The standard InChI is InChI=1S/C20H17BrN2O2/c1-14(15-9-11-17(21)12-10-15)22-23-20(24)13-25-19-8-4-6-16-5-2-3-7-18(16)19/h2-12H,13H2,1H3,(H,23,24). The van der Waals surface area contributed by atoms with E-state index in [9.17, 15) is 4.79 Å². The lowest BCUT2D eigenvalue weighted by molar-refractivity contribution is -0.123. The van der Waals surface area contributed by atoms with Gasteiger partial charge in [-0.25, -0.2) is 5.43 Å². The van der Waals surface area contributed by atoms with E-state index < -0.39 is 0 Å². The number of hydrogen-bond donors (Lipinski definition) is 1. The lowest BCUT2D eigenvalue weighted by Crippen LogP contribution is -2.25. The highest BCUT2D eigenvalue weighted by atomic mass is 79.9. The third kappa shape index (κ3) is 4.45. The predicted octanol–water partition coefficient (Wildman–Crippen LogP) is 4.52. The summed E-state index contributed by atoms with van der Waals surface area (Å²) < 4.78 is 6.64. The average molecular weight is 397 g/mol. The second-order valence-corrected chi connectivity index (χ2v) is 6.42. The lowest BCUT2D eigenvalue weighted by Gasteiger charge is -2.08. The van der Waals surface area contributed by atoms with E-state index in [-0.39, 0.29) is 12.5 Å². The van der Waals surface area contributed by atoms with E-state index in [1.165, 1.54) is 0 Å². The fraction of sp³-hybridized carbons (Fsp3) is 0.100. The maximum atomic E-state index is 12.0. The number of rotatable bonds is 5. The van der Waals surface area contributed by atoms with Gasteiger partial charge in [0.15, 0.2) is 6.61 Å². The first-order valence-electron chi connectivity index (χ1n) is 7.83. The predicted molar refractivity (Wildman–Crippen MR) is 104 cm³/mol. The third-order valence-corrected chi connectivity index (χ3v) is 4.25. The zero-order valence-electron chi connectivity index (χ0n) is 13.7. The van der Waals surface area contributed by atoms with Gasteiger partial charge in [0, 0.05) is 9.86 Å². The van der Waals surface area contributed by atoms with Crippen LogP contribution in [0.15, 0.2) is 76.3 Å². The molecule has 0 aromatic heterocycles. The lowest BCUT2D eigenvalue weighted by atomic mass is 10.1. The fourth-order valence-corrected chi connectivity index (χ4v) is 2.66. The number of nitrogens with one attached hydrogen (secondary N) is 1. The minimum atomic E-state index is -0.301. The van der Waals surface area contributed by atoms with Crippen molar-refractivity contribution >= 4 is 38.3 Å². The number of halogens is 1. The molecule has 0 atom stereocenters. The summed E-state index contributed by atoms with van der Waals surface area (Å²) in [5, 5.41) is 6.17. The van der Waals surface area contributed by atoms with Crippen LogP contribution in [0.5, 0.6) is 5.75 Å². The molecule has 0 radical (unpaired) electrons. The van der Waals surface area contributed by atoms with Gasteiger partial charge in [0.05, 0.1) is 5.71 Å². The smallest absolute Gasteiger partial charge is 0.277 e. The molecule has 3 rings (SSSR count). The number of fused-ring (bicyclic) bond motifs is 1. The number of ether oxygens (including phenoxy) is 1. The van der Waals surface area contributed by atoms with Gasteiger partial charge in [-0.15, -0.1) is 0 Å². The van der Waals surface area contributed by atoms with Gasteiger partial charge < -0.3 is 4.74 Å². The van der Waals surface area contributed by atoms with Gasteiger partial charge in [-0.2, -0.15) is 5.10 Å². The number of nitrogens with zero attached hydrogens (tertiary/aromatic N) is 1. The monoisotopic (exact) mass is 396 g/mol. The summed E-state index contributed by atoms with van der Waals surface area (Å²) in [4.78, 5) is 12.0. The van der Waals surface area contributed by atoms with E-state index in [4.69, 9.17) is 4.74 Å². The van der Waals surface area contributed by atoms with Crippen molar-refractivity contribution in [3.05, 3.63) is 76.8 Å². The third-order valence-electron chi connectivity index (χ3n) is 3.72. The summed E-state index contributed by atoms with van der Waals surface area (Å²) >= 11 is 3.39. The summed E-state index contributed by atoms with van der Waals surface area (Å²) in [6.45, 7) is 1.75. The maximum absolute atomic E-state index is 12.0. The van der Waals surface area contributed by atoms with Crippen molar-refractivity contribution in [2.75, 3.05) is 6.61 Å². The molecule has 0 saturated carbocycles. The van der Waals surface area contributed by atoms with Crippen LogP contribution in [0.4, 0.5) is 0 Å². The zero-order valence-corrected chi connectivity index (χ0v) is 15.3. The van der Waals surface area contributed by atoms with Gasteiger partial charge in [-0.1, -0.05) is 64.5 Å². The van der Waals surface area contributed by atoms with E-state index in [0.717, 1.165) is 26.5 Å². The minimum absolute atomic E-state index is 0.0921. The van der Waals surface area contributed by atoms with E-state index in [1.54, 1.807) is 0 Å². The number of hydrogen-bond acceptors (Lipinski definition) is 3. The van der Waals surface area contributed by atoms with Gasteiger partial charge in [0.2, 0.25) is 0 Å². The number of carbonyl (C=O) groups is 1. The Bertz CT molecular complexity index is 915. The molecule has 5 heteroatoms. The van der Waals surface area contributed by atoms with E-state index in [0.29, 0.717) is 5.75 Å². The highest BCUT2D eigenvalue weighted by Gasteiger charge is 2.05. The molecule has 126 valence electrons. The van der Waals surface area contributed by atoms with Crippen molar-refractivity contribution in [3.8, 4) is 5.75 Å². The van der Waals surface area contributed by atoms with Crippen LogP contribution in [0, 0.1) is 0 Å². The van der Waals surface area contributed by atoms with Gasteiger partial charge in [0.25, 0.3) is 5.91 Å². The molecule has 0 fully saturated rings. The molecule has 3 aromatic carbocycles. The molecule has 0 aliphatic carbocycles. The van der Waals surface area contributed by atoms with Crippen molar-refractivity contribution in [1.29, 1.82) is 0 Å². The normalized spacial score (nSPS) is 11.4. The van der Waals surface area contributed by atoms with Crippen molar-refractivity contribution in [3.63, 3.8) is 0 Å². The van der Waals surface area contributed by atoms with E-state index >= 15 is 0 Å². The topological polar surface area (TPSA) is 50.7 Å². The largest absolute Gasteiger partial charge is 0.483 e. The average Bonchev–Trinajstić information content (AvgIpc) is 2.65. The van der Waals surface area contributed by atoms with E-state index in [1.807, 2.05) is 73.7 Å². The number of hydrazone groups is 1. The van der Waals surface area contributed by atoms with Crippen LogP contribution in [-0.4, -0.2) is 18.2 Å². The molecule has 25 heavy (non-hydrogen) atoms. The first-order valence-corrected chi connectivity index (χ1v) is 8.62. The highest BCUT2D eigenvalue weighted by molar-refractivity contribution is 9.10. The molecule has 4 nitrogen and oxygen atoms in total. The Morgan fingerprint density at radius 3 is 2.56 bits per heavy atom. The Balaban J connectivity index is 1.61. The fourth-order valence-electron chi connectivity index (χ4n) is 2.40. The van der Waals surface area contributed by atoms with Crippen LogP contribution in [0.25, 0.3) is 10.8 Å². The van der Waals surface area contributed by atoms with Crippen molar-refractivity contribution in [1.82, 2.24) is 5.43 Å². The highest BCUT2D eigenvalue weighted by Crippen LogP contribution is 2.24. The molecular formula is C20H17BrN2O2. The number of amides is 1. The Morgan fingerprint density at radius 1 is 1.04 bits per heavy atom. The zero-order chi connectivity index (χ0) is 17.6. The molecule has 0 aliphatic rings. The molecule has 0 heterocycles. The van der Waals surface area contributed by atoms with Crippen molar-refractivity contribution in [2.45, 2.75) is 6.92 Å². The van der Waals surface area contributed by atoms with Crippen LogP contribution in [0.1, 0.15) is 12.5 Å². The van der Waals surface area contributed by atoms with E-state index in [2.05, 4.69) is 26.5 Å². The van der Waals surface area contributed by atoms with Gasteiger partial charge in [-0.05, 0) is 36.1 Å². The SMILES string of the molecule is CC(=NNC(=O)COc1cccc2ccccc12)c1ccc(Br)cc1. The van der Waals surface area contributed by atoms with Crippen LogP contribution in [0.2, 0.25) is 0 Å². The molecule has 0 aliphatic heterocycles. The summed E-state index contributed by atoms with van der Waals surface area (Å²) in [5.41, 5.74) is 4.20. The number of benzene rings is 3. The Labute approximate surface area is 154 Å². The second-order valence-electron chi connectivity index (χ2n) is 5.51. The first kappa shape index (κ1) is 17.2. The Hall–Kier alpha value is -2.66. The van der Waals surface area contributed by atoms with Crippen LogP contribution < -0.4 is 10.2 Å². The van der Waals surface area contributed by atoms with Gasteiger partial charge >= 0.3 is 0 Å². The number of carbonyl (C=O) groups excluding carboxylic acids is 1. The summed E-state index contributed by atoms with van der Waals surface area (Å²) in [6.07, 6.45) is 0. The Kier molecular flexibility index (Phi) is 5.46. The molecule has 1 N–H and O–H groups in total. The van der Waals surface area contributed by atoms with Crippen LogP contribution >= 0.6 is 15.9 Å². The quantitative estimate of drug-likeness (QED) is 0.508. The van der Waals surface area contributed by atoms with Crippen molar-refractivity contribution < 1.29 is 9.53 Å². The second kappa shape index (κ2) is 7.94. The molecule has 0 saturated heterocycles. The van der Waals surface area contributed by atoms with Gasteiger partial charge in [0.1, 0.15) is 5.75 Å². The molecule has 3 aromatic rings. The first-order chi connectivity index (χ1) is 12.1. The molecule has 0 unspecified atom stereocenters. The summed E-state index contributed by atoms with van der Waals surface area (Å²) in [6, 6.07) is 21.4. The summed E-state index contributed by atoms with van der Waals surface area (Å²) in [5.74, 6) is 0.381. The summed E-state index contributed by atoms with van der Waals surface area (Å²) in [7, 11) is 0. The maximum Gasteiger partial charge on any atom is 0.277 e. The van der Waals surface area contributed by atoms with Crippen LogP contribution in [0.3, 0.4) is 0 Å². The minimum Gasteiger partial charge on any atom is -0.483 e. The molecule has 0 bridgehead atoms. The molecule has 1 amide bonds. The van der Waals surface area contributed by atoms with Crippen LogP contribution in [-0.2, 0) is 4.79 Å². The Morgan fingerprint density at radius 2 is 1.76 bits per heavy atom.